The maximum Gasteiger partial charge on any atom is 0.251 e. The Morgan fingerprint density at radius 2 is 1.96 bits per heavy atom. The van der Waals surface area contributed by atoms with Crippen molar-refractivity contribution >= 4 is 5.91 Å². The molecule has 0 spiro atoms. The third kappa shape index (κ3) is 3.10. The van der Waals surface area contributed by atoms with Crippen LogP contribution < -0.4 is 5.43 Å². The van der Waals surface area contributed by atoms with Crippen LogP contribution in [0.15, 0.2) is 54.9 Å². The Kier molecular flexibility index (Phi) is 4.24. The van der Waals surface area contributed by atoms with Gasteiger partial charge in [-0.3, -0.25) is 4.79 Å². The molecule has 4 nitrogen and oxygen atoms in total. The van der Waals surface area contributed by atoms with Gasteiger partial charge in [-0.2, -0.15) is 0 Å². The zero-order chi connectivity index (χ0) is 18.3. The van der Waals surface area contributed by atoms with Crippen molar-refractivity contribution in [3.8, 4) is 0 Å². The second-order valence-electron chi connectivity index (χ2n) is 7.08. The Balaban J connectivity index is 1.50. The van der Waals surface area contributed by atoms with Crippen molar-refractivity contribution in [3.05, 3.63) is 82.9 Å². The van der Waals surface area contributed by atoms with Gasteiger partial charge in [0.25, 0.3) is 5.91 Å². The van der Waals surface area contributed by atoms with Crippen molar-refractivity contribution in [2.24, 2.45) is 0 Å². The molecule has 1 amide bonds. The van der Waals surface area contributed by atoms with Crippen LogP contribution in [0.5, 0.6) is 0 Å². The molecule has 0 radical (unpaired) electrons. The second-order valence-corrected chi connectivity index (χ2v) is 7.08. The minimum atomic E-state index is -0.282. The van der Waals surface area contributed by atoms with Gasteiger partial charge in [0.15, 0.2) is 0 Å². The van der Waals surface area contributed by atoms with Gasteiger partial charge >= 0.3 is 0 Å². The largest absolute Gasteiger partial charge is 0.311 e. The lowest BCUT2D eigenvalue weighted by Crippen LogP contribution is -2.47. The molecule has 134 valence electrons. The number of hydrogen-bond acceptors (Lipinski definition) is 3. The number of hydrazine groups is 1. The summed E-state index contributed by atoms with van der Waals surface area (Å²) in [6.45, 7) is 4.58. The molecule has 1 fully saturated rings. The van der Waals surface area contributed by atoms with Crippen LogP contribution in [0.25, 0.3) is 0 Å². The van der Waals surface area contributed by atoms with Crippen molar-refractivity contribution < 1.29 is 9.18 Å². The molecule has 2 atom stereocenters. The highest BCUT2D eigenvalue weighted by molar-refractivity contribution is 5.84. The molecule has 0 aromatic heterocycles. The first-order valence-corrected chi connectivity index (χ1v) is 8.86. The van der Waals surface area contributed by atoms with Gasteiger partial charge in [-0.25, -0.2) is 9.82 Å². The predicted octanol–water partition coefficient (Wildman–Crippen LogP) is 3.58. The predicted molar refractivity (Wildman–Crippen MR) is 98.1 cm³/mol. The summed E-state index contributed by atoms with van der Waals surface area (Å²) in [5.74, 6) is -0.245. The highest BCUT2D eigenvalue weighted by Crippen LogP contribution is 2.32. The smallest absolute Gasteiger partial charge is 0.251 e. The average Bonchev–Trinajstić information content (AvgIpc) is 3.05. The highest BCUT2D eigenvalue weighted by atomic mass is 19.1. The lowest BCUT2D eigenvalue weighted by atomic mass is 9.97. The number of halogens is 1. The molecule has 4 rings (SSSR count). The van der Waals surface area contributed by atoms with Crippen molar-refractivity contribution in [2.45, 2.75) is 38.9 Å². The number of hydrogen-bond donors (Lipinski definition) is 1. The third-order valence-electron chi connectivity index (χ3n) is 5.25. The minimum Gasteiger partial charge on any atom is -0.311 e. The zero-order valence-corrected chi connectivity index (χ0v) is 14.9. The number of amides is 1. The number of rotatable bonds is 3. The van der Waals surface area contributed by atoms with Gasteiger partial charge in [-0.15, -0.1) is 0 Å². The first kappa shape index (κ1) is 16.8. The fourth-order valence-electron chi connectivity index (χ4n) is 3.60. The third-order valence-corrected chi connectivity index (χ3v) is 5.25. The fourth-order valence-corrected chi connectivity index (χ4v) is 3.60. The SMILES string of the molecule is Cc1ccc(C2CC3C(=O)N(Cc4cccc(F)c4)C=CN3N2)cc1C. The molecule has 2 aliphatic rings. The minimum absolute atomic E-state index is 0.0376. The van der Waals surface area contributed by atoms with Crippen molar-refractivity contribution in [1.82, 2.24) is 15.3 Å². The van der Waals surface area contributed by atoms with E-state index < -0.39 is 0 Å². The quantitative estimate of drug-likeness (QED) is 0.918. The van der Waals surface area contributed by atoms with E-state index in [0.717, 1.165) is 5.56 Å². The van der Waals surface area contributed by atoms with Gasteiger partial charge in [0, 0.05) is 12.4 Å². The molecule has 2 aromatic rings. The first-order chi connectivity index (χ1) is 12.5. The summed E-state index contributed by atoms with van der Waals surface area (Å²) in [5, 5.41) is 1.89. The molecule has 2 heterocycles. The van der Waals surface area contributed by atoms with Crippen molar-refractivity contribution in [1.29, 1.82) is 0 Å². The topological polar surface area (TPSA) is 35.6 Å². The molecule has 1 N–H and O–H groups in total. The molecule has 2 unspecified atom stereocenters. The number of carbonyl (C=O) groups is 1. The summed E-state index contributed by atoms with van der Waals surface area (Å²) in [6, 6.07) is 12.7. The van der Waals surface area contributed by atoms with E-state index in [-0.39, 0.29) is 23.8 Å². The lowest BCUT2D eigenvalue weighted by Gasteiger charge is -2.31. The van der Waals surface area contributed by atoms with Gasteiger partial charge in [-0.05, 0) is 54.7 Å². The summed E-state index contributed by atoms with van der Waals surface area (Å²) >= 11 is 0. The second kappa shape index (κ2) is 6.57. The molecule has 0 bridgehead atoms. The lowest BCUT2D eigenvalue weighted by molar-refractivity contribution is -0.134. The molecule has 5 heteroatoms. The van der Waals surface area contributed by atoms with E-state index in [4.69, 9.17) is 0 Å². The van der Waals surface area contributed by atoms with Gasteiger partial charge in [0.05, 0.1) is 12.6 Å². The molecule has 26 heavy (non-hydrogen) atoms. The Labute approximate surface area is 152 Å². The fraction of sp³-hybridized carbons (Fsp3) is 0.286. The summed E-state index contributed by atoms with van der Waals surface area (Å²) in [4.78, 5) is 14.6. The van der Waals surface area contributed by atoms with E-state index >= 15 is 0 Å². The number of fused-ring (bicyclic) bond motifs is 1. The molecular weight excluding hydrogens is 329 g/mol. The number of nitrogens with zero attached hydrogens (tertiary/aromatic N) is 2. The molecule has 0 aliphatic carbocycles. The van der Waals surface area contributed by atoms with Crippen LogP contribution in [0.3, 0.4) is 0 Å². The number of benzene rings is 2. The van der Waals surface area contributed by atoms with Crippen LogP contribution in [-0.2, 0) is 11.3 Å². The molecular formula is C21H22FN3O. The van der Waals surface area contributed by atoms with Crippen molar-refractivity contribution in [3.63, 3.8) is 0 Å². The van der Waals surface area contributed by atoms with Crippen LogP contribution in [0.4, 0.5) is 4.39 Å². The first-order valence-electron chi connectivity index (χ1n) is 8.86. The normalized spacial score (nSPS) is 22.0. The van der Waals surface area contributed by atoms with E-state index in [2.05, 4.69) is 37.5 Å². The van der Waals surface area contributed by atoms with Crippen molar-refractivity contribution in [2.75, 3.05) is 0 Å². The van der Waals surface area contributed by atoms with E-state index in [1.807, 2.05) is 17.3 Å². The molecule has 2 aliphatic heterocycles. The summed E-state index contributed by atoms with van der Waals surface area (Å²) in [7, 11) is 0. The Bertz CT molecular complexity index is 879. The van der Waals surface area contributed by atoms with E-state index in [1.54, 1.807) is 17.2 Å². The van der Waals surface area contributed by atoms with E-state index in [0.29, 0.717) is 13.0 Å². The summed E-state index contributed by atoms with van der Waals surface area (Å²) in [5.41, 5.74) is 7.92. The van der Waals surface area contributed by atoms with Gasteiger partial charge in [0.1, 0.15) is 11.9 Å². The maximum absolute atomic E-state index is 13.4. The van der Waals surface area contributed by atoms with E-state index in [9.17, 15) is 9.18 Å². The van der Waals surface area contributed by atoms with Crippen LogP contribution in [0, 0.1) is 19.7 Å². The molecule has 2 aromatic carbocycles. The Hall–Kier alpha value is -2.66. The summed E-state index contributed by atoms with van der Waals surface area (Å²) < 4.78 is 13.4. The Morgan fingerprint density at radius 3 is 2.73 bits per heavy atom. The number of aryl methyl sites for hydroxylation is 2. The monoisotopic (exact) mass is 351 g/mol. The highest BCUT2D eigenvalue weighted by Gasteiger charge is 2.39. The Morgan fingerprint density at radius 1 is 1.12 bits per heavy atom. The maximum atomic E-state index is 13.4. The zero-order valence-electron chi connectivity index (χ0n) is 14.9. The van der Waals surface area contributed by atoms with Crippen LogP contribution >= 0.6 is 0 Å². The van der Waals surface area contributed by atoms with Gasteiger partial charge in [0.2, 0.25) is 0 Å². The number of nitrogens with one attached hydrogen (secondary N) is 1. The van der Waals surface area contributed by atoms with E-state index in [1.165, 1.54) is 28.8 Å². The molecule has 1 saturated heterocycles. The standard InChI is InChI=1S/C21H22FN3O/c1-14-6-7-17(10-15(14)2)19-12-20-21(26)24(8-9-25(20)23-19)13-16-4-3-5-18(22)11-16/h3-11,19-20,23H,12-13H2,1-2H3. The van der Waals surface area contributed by atoms with Crippen LogP contribution in [-0.4, -0.2) is 21.9 Å². The van der Waals surface area contributed by atoms with Gasteiger partial charge in [-0.1, -0.05) is 30.3 Å². The van der Waals surface area contributed by atoms with Crippen LogP contribution in [0.2, 0.25) is 0 Å². The molecule has 0 saturated carbocycles. The van der Waals surface area contributed by atoms with Crippen LogP contribution in [0.1, 0.15) is 34.7 Å². The summed E-state index contributed by atoms with van der Waals surface area (Å²) in [6.07, 6.45) is 4.37. The number of carbonyl (C=O) groups excluding carboxylic acids is 1. The van der Waals surface area contributed by atoms with Gasteiger partial charge < -0.3 is 9.91 Å². The average molecular weight is 351 g/mol.